The van der Waals surface area contributed by atoms with Crippen molar-refractivity contribution in [2.24, 2.45) is 0 Å². The molecule has 0 bridgehead atoms. The fraction of sp³-hybridized carbons (Fsp3) is 0.160. The lowest BCUT2D eigenvalue weighted by Gasteiger charge is -2.13. The van der Waals surface area contributed by atoms with E-state index in [-0.39, 0.29) is 0 Å². The third kappa shape index (κ3) is 2.40. The molecule has 5 aromatic rings. The summed E-state index contributed by atoms with van der Waals surface area (Å²) >= 11 is 0. The van der Waals surface area contributed by atoms with Crippen LogP contribution in [0.15, 0.2) is 67.0 Å². The van der Waals surface area contributed by atoms with Crippen molar-refractivity contribution in [1.82, 2.24) is 9.55 Å². The highest BCUT2D eigenvalue weighted by atomic mass is 16.5. The number of benzene rings is 3. The van der Waals surface area contributed by atoms with Gasteiger partial charge in [0.25, 0.3) is 0 Å². The number of fused-ring (bicyclic) bond motifs is 4. The van der Waals surface area contributed by atoms with E-state index < -0.39 is 0 Å². The molecule has 0 amide bonds. The zero-order chi connectivity index (χ0) is 19.3. The van der Waals surface area contributed by atoms with Crippen molar-refractivity contribution < 1.29 is 4.74 Å². The number of hydrogen-bond donors (Lipinski definition) is 0. The number of aromatic nitrogens is 2. The molecule has 0 aliphatic carbocycles. The number of rotatable bonds is 3. The third-order valence-electron chi connectivity index (χ3n) is 5.81. The molecule has 0 N–H and O–H groups in total. The Morgan fingerprint density at radius 3 is 2.50 bits per heavy atom. The van der Waals surface area contributed by atoms with Crippen LogP contribution in [0.3, 0.4) is 0 Å². The number of methoxy groups -OCH3 is 1. The highest BCUT2D eigenvalue weighted by molar-refractivity contribution is 6.17. The van der Waals surface area contributed by atoms with Crippen molar-refractivity contribution in [2.45, 2.75) is 20.4 Å². The molecule has 0 atom stereocenters. The maximum absolute atomic E-state index is 5.53. The van der Waals surface area contributed by atoms with Gasteiger partial charge in [0.2, 0.25) is 0 Å². The van der Waals surface area contributed by atoms with Gasteiger partial charge in [0.1, 0.15) is 5.75 Å². The predicted octanol–water partition coefficient (Wildman–Crippen LogP) is 6.02. The second kappa shape index (κ2) is 6.38. The summed E-state index contributed by atoms with van der Waals surface area (Å²) < 4.78 is 7.98. The molecule has 3 aromatic carbocycles. The van der Waals surface area contributed by atoms with E-state index in [1.807, 2.05) is 12.4 Å². The van der Waals surface area contributed by atoms with Crippen LogP contribution >= 0.6 is 0 Å². The lowest BCUT2D eigenvalue weighted by Crippen LogP contribution is -2.01. The van der Waals surface area contributed by atoms with Gasteiger partial charge >= 0.3 is 0 Å². The molecule has 138 valence electrons. The van der Waals surface area contributed by atoms with Gasteiger partial charge in [-0.2, -0.15) is 0 Å². The maximum atomic E-state index is 5.53. The highest BCUT2D eigenvalue weighted by Gasteiger charge is 2.18. The van der Waals surface area contributed by atoms with Crippen LogP contribution in [0.1, 0.15) is 16.7 Å². The molecule has 0 saturated heterocycles. The Labute approximate surface area is 164 Å². The first-order valence-corrected chi connectivity index (χ1v) is 9.56. The number of aryl methyl sites for hydroxylation is 2. The Bertz CT molecular complexity index is 1330. The minimum absolute atomic E-state index is 0.837. The molecule has 3 nitrogen and oxygen atoms in total. The molecule has 3 heteroatoms. The summed E-state index contributed by atoms with van der Waals surface area (Å²) in [5, 5.41) is 5.01. The normalized spacial score (nSPS) is 11.5. The van der Waals surface area contributed by atoms with Gasteiger partial charge in [-0.1, -0.05) is 30.3 Å². The molecule has 5 rings (SSSR count). The summed E-state index contributed by atoms with van der Waals surface area (Å²) in [6.45, 7) is 5.27. The minimum atomic E-state index is 0.837. The van der Waals surface area contributed by atoms with Crippen molar-refractivity contribution in [3.8, 4) is 5.75 Å². The molecule has 0 fully saturated rings. The van der Waals surface area contributed by atoms with Gasteiger partial charge in [0.05, 0.1) is 12.6 Å². The van der Waals surface area contributed by atoms with Crippen LogP contribution in [0.2, 0.25) is 0 Å². The van der Waals surface area contributed by atoms with Crippen molar-refractivity contribution in [3.05, 3.63) is 83.7 Å². The van der Waals surface area contributed by atoms with Gasteiger partial charge in [-0.15, -0.1) is 0 Å². The topological polar surface area (TPSA) is 27.1 Å². The van der Waals surface area contributed by atoms with Crippen LogP contribution in [0.25, 0.3) is 32.6 Å². The van der Waals surface area contributed by atoms with E-state index in [2.05, 4.69) is 78.0 Å². The van der Waals surface area contributed by atoms with Gasteiger partial charge in [-0.05, 0) is 60.2 Å². The van der Waals surface area contributed by atoms with E-state index >= 15 is 0 Å². The average Bonchev–Trinajstić information content (AvgIpc) is 3.06. The molecule has 0 aliphatic heterocycles. The highest BCUT2D eigenvalue weighted by Crippen LogP contribution is 2.40. The standard InChI is InChI=1S/C25H22N2O/c1-16-22-14-26-12-11-20(22)17(2)25-24(16)21-13-19(28-3)9-10-23(21)27(25)15-18-7-5-4-6-8-18/h4-14H,15H2,1-3H3. The smallest absolute Gasteiger partial charge is 0.119 e. The van der Waals surface area contributed by atoms with Gasteiger partial charge in [0, 0.05) is 40.6 Å². The SMILES string of the molecule is COc1ccc2c(c1)c1c(C)c3cnccc3c(C)c1n2Cc1ccccc1. The Hall–Kier alpha value is -3.33. The lowest BCUT2D eigenvalue weighted by molar-refractivity contribution is 0.415. The van der Waals surface area contributed by atoms with Crippen LogP contribution in [0.5, 0.6) is 5.75 Å². The summed E-state index contributed by atoms with van der Waals surface area (Å²) in [7, 11) is 1.72. The van der Waals surface area contributed by atoms with Crippen LogP contribution in [-0.2, 0) is 6.54 Å². The van der Waals surface area contributed by atoms with E-state index in [1.165, 1.54) is 49.3 Å². The predicted molar refractivity (Wildman–Crippen MR) is 116 cm³/mol. The number of hydrogen-bond acceptors (Lipinski definition) is 2. The molecule has 0 saturated carbocycles. The van der Waals surface area contributed by atoms with Gasteiger partial charge in [0.15, 0.2) is 0 Å². The second-order valence-corrected chi connectivity index (χ2v) is 7.35. The largest absolute Gasteiger partial charge is 0.497 e. The Morgan fingerprint density at radius 1 is 0.893 bits per heavy atom. The molecule has 0 radical (unpaired) electrons. The fourth-order valence-electron chi connectivity index (χ4n) is 4.44. The van der Waals surface area contributed by atoms with Gasteiger partial charge < -0.3 is 9.30 Å². The Kier molecular flexibility index (Phi) is 3.83. The summed E-state index contributed by atoms with van der Waals surface area (Å²) in [5.74, 6) is 0.884. The lowest BCUT2D eigenvalue weighted by atomic mass is 9.97. The van der Waals surface area contributed by atoms with Crippen molar-refractivity contribution >= 4 is 32.6 Å². The molecular weight excluding hydrogens is 344 g/mol. The van der Waals surface area contributed by atoms with Crippen molar-refractivity contribution in [3.63, 3.8) is 0 Å². The van der Waals surface area contributed by atoms with Crippen LogP contribution in [-0.4, -0.2) is 16.7 Å². The first-order chi connectivity index (χ1) is 13.7. The van der Waals surface area contributed by atoms with E-state index in [0.29, 0.717) is 0 Å². The second-order valence-electron chi connectivity index (χ2n) is 7.35. The molecule has 0 aliphatic rings. The van der Waals surface area contributed by atoms with Gasteiger partial charge in [-0.25, -0.2) is 0 Å². The van der Waals surface area contributed by atoms with E-state index in [4.69, 9.17) is 4.74 Å². The number of ether oxygens (including phenoxy) is 1. The molecular formula is C25H22N2O. The minimum Gasteiger partial charge on any atom is -0.497 e. The van der Waals surface area contributed by atoms with Crippen molar-refractivity contribution in [2.75, 3.05) is 7.11 Å². The van der Waals surface area contributed by atoms with Crippen molar-refractivity contribution in [1.29, 1.82) is 0 Å². The van der Waals surface area contributed by atoms with Crippen LogP contribution in [0, 0.1) is 13.8 Å². The monoisotopic (exact) mass is 366 g/mol. The average molecular weight is 366 g/mol. The Morgan fingerprint density at radius 2 is 1.71 bits per heavy atom. The van der Waals surface area contributed by atoms with Gasteiger partial charge in [-0.3, -0.25) is 4.98 Å². The van der Waals surface area contributed by atoms with E-state index in [0.717, 1.165) is 12.3 Å². The summed E-state index contributed by atoms with van der Waals surface area (Å²) in [4.78, 5) is 4.38. The maximum Gasteiger partial charge on any atom is 0.119 e. The van der Waals surface area contributed by atoms with E-state index in [1.54, 1.807) is 7.11 Å². The molecule has 0 unspecified atom stereocenters. The van der Waals surface area contributed by atoms with Crippen LogP contribution in [0.4, 0.5) is 0 Å². The molecule has 2 aromatic heterocycles. The Balaban J connectivity index is 1.96. The summed E-state index contributed by atoms with van der Waals surface area (Å²) in [6, 6.07) is 19.2. The fourth-order valence-corrected chi connectivity index (χ4v) is 4.44. The van der Waals surface area contributed by atoms with Crippen LogP contribution < -0.4 is 4.74 Å². The first-order valence-electron chi connectivity index (χ1n) is 9.56. The molecule has 28 heavy (non-hydrogen) atoms. The number of nitrogens with zero attached hydrogens (tertiary/aromatic N) is 2. The zero-order valence-electron chi connectivity index (χ0n) is 16.4. The number of pyridine rings is 1. The quantitative estimate of drug-likeness (QED) is 0.390. The molecule has 2 heterocycles. The zero-order valence-corrected chi connectivity index (χ0v) is 16.4. The third-order valence-corrected chi connectivity index (χ3v) is 5.81. The first kappa shape index (κ1) is 16.8. The summed E-state index contributed by atoms with van der Waals surface area (Å²) in [5.41, 5.74) is 6.39. The summed E-state index contributed by atoms with van der Waals surface area (Å²) in [6.07, 6.45) is 3.87. The molecule has 0 spiro atoms. The van der Waals surface area contributed by atoms with E-state index in [9.17, 15) is 0 Å².